The number of primary amides is 1. The summed E-state index contributed by atoms with van der Waals surface area (Å²) >= 11 is 0. The maximum atomic E-state index is 12.0. The van der Waals surface area contributed by atoms with Gasteiger partial charge in [0, 0.05) is 12.1 Å². The van der Waals surface area contributed by atoms with Crippen LogP contribution < -0.4 is 22.1 Å². The third kappa shape index (κ3) is 6.07. The molecule has 23 heavy (non-hydrogen) atoms. The molecule has 0 saturated carbocycles. The van der Waals surface area contributed by atoms with Crippen LogP contribution in [0.3, 0.4) is 0 Å². The van der Waals surface area contributed by atoms with Gasteiger partial charge in [-0.3, -0.25) is 14.4 Å². The van der Waals surface area contributed by atoms with Crippen molar-refractivity contribution < 1.29 is 14.4 Å². The van der Waals surface area contributed by atoms with E-state index in [1.54, 1.807) is 31.2 Å². The van der Waals surface area contributed by atoms with E-state index < -0.39 is 11.4 Å². The van der Waals surface area contributed by atoms with Crippen LogP contribution in [0.15, 0.2) is 24.3 Å². The van der Waals surface area contributed by atoms with Gasteiger partial charge in [-0.05, 0) is 31.0 Å². The lowest BCUT2D eigenvalue weighted by Gasteiger charge is -2.22. The van der Waals surface area contributed by atoms with Crippen molar-refractivity contribution in [3.63, 3.8) is 0 Å². The van der Waals surface area contributed by atoms with Crippen LogP contribution in [-0.2, 0) is 16.1 Å². The predicted molar refractivity (Wildman–Crippen MR) is 87.3 cm³/mol. The molecule has 6 N–H and O–H groups in total. The highest BCUT2D eigenvalue weighted by Gasteiger charge is 2.26. The molecule has 0 spiro atoms. The highest BCUT2D eigenvalue weighted by atomic mass is 16.2. The summed E-state index contributed by atoms with van der Waals surface area (Å²) in [6.07, 6.45) is 1.44. The SMILES string of the molecule is CCCC(C)(N)C(=O)NCc1ccc(C(=O)NCC(N)=O)cc1. The minimum atomic E-state index is -0.886. The van der Waals surface area contributed by atoms with Gasteiger partial charge in [0.05, 0.1) is 12.1 Å². The van der Waals surface area contributed by atoms with E-state index in [1.807, 2.05) is 6.92 Å². The van der Waals surface area contributed by atoms with Crippen LogP contribution in [0.1, 0.15) is 42.6 Å². The molecule has 126 valence electrons. The monoisotopic (exact) mass is 320 g/mol. The van der Waals surface area contributed by atoms with Crippen LogP contribution in [-0.4, -0.2) is 29.8 Å². The van der Waals surface area contributed by atoms with E-state index in [0.29, 0.717) is 18.5 Å². The molecule has 0 aromatic heterocycles. The highest BCUT2D eigenvalue weighted by Crippen LogP contribution is 2.09. The summed E-state index contributed by atoms with van der Waals surface area (Å²) in [5.41, 5.74) is 11.3. The van der Waals surface area contributed by atoms with Gasteiger partial charge in [-0.2, -0.15) is 0 Å². The van der Waals surface area contributed by atoms with Gasteiger partial charge in [-0.1, -0.05) is 25.5 Å². The number of amides is 3. The molecular formula is C16H24N4O3. The summed E-state index contributed by atoms with van der Waals surface area (Å²) in [5, 5.41) is 5.19. The van der Waals surface area contributed by atoms with Crippen molar-refractivity contribution in [1.82, 2.24) is 10.6 Å². The minimum absolute atomic E-state index is 0.205. The Morgan fingerprint density at radius 2 is 1.74 bits per heavy atom. The number of nitrogens with one attached hydrogen (secondary N) is 2. The van der Waals surface area contributed by atoms with Crippen molar-refractivity contribution in [3.05, 3.63) is 35.4 Å². The first-order valence-corrected chi connectivity index (χ1v) is 7.49. The van der Waals surface area contributed by atoms with Gasteiger partial charge >= 0.3 is 0 Å². The summed E-state index contributed by atoms with van der Waals surface area (Å²) in [7, 11) is 0. The van der Waals surface area contributed by atoms with Gasteiger partial charge in [0.2, 0.25) is 11.8 Å². The zero-order chi connectivity index (χ0) is 17.5. The van der Waals surface area contributed by atoms with E-state index in [2.05, 4.69) is 10.6 Å². The van der Waals surface area contributed by atoms with Crippen molar-refractivity contribution >= 4 is 17.7 Å². The number of hydrogen-bond acceptors (Lipinski definition) is 4. The second-order valence-corrected chi connectivity index (χ2v) is 5.70. The molecule has 0 bridgehead atoms. The first kappa shape index (κ1) is 18.6. The Kier molecular flexibility index (Phi) is 6.71. The molecule has 1 atom stereocenters. The summed E-state index contributed by atoms with van der Waals surface area (Å²) in [4.78, 5) is 34.4. The first-order valence-electron chi connectivity index (χ1n) is 7.49. The third-order valence-corrected chi connectivity index (χ3v) is 3.38. The zero-order valence-electron chi connectivity index (χ0n) is 13.5. The summed E-state index contributed by atoms with van der Waals surface area (Å²) in [5.74, 6) is -1.19. The van der Waals surface area contributed by atoms with Gasteiger partial charge in [0.15, 0.2) is 0 Å². The zero-order valence-corrected chi connectivity index (χ0v) is 13.5. The van der Waals surface area contributed by atoms with Gasteiger partial charge < -0.3 is 22.1 Å². The van der Waals surface area contributed by atoms with Crippen molar-refractivity contribution in [2.75, 3.05) is 6.54 Å². The van der Waals surface area contributed by atoms with E-state index in [9.17, 15) is 14.4 Å². The molecule has 3 amide bonds. The van der Waals surface area contributed by atoms with Crippen LogP contribution in [0.2, 0.25) is 0 Å². The minimum Gasteiger partial charge on any atom is -0.368 e. The topological polar surface area (TPSA) is 127 Å². The molecule has 1 aromatic carbocycles. The second kappa shape index (κ2) is 8.28. The molecular weight excluding hydrogens is 296 g/mol. The molecule has 0 radical (unpaired) electrons. The Balaban J connectivity index is 2.56. The largest absolute Gasteiger partial charge is 0.368 e. The van der Waals surface area contributed by atoms with Crippen LogP contribution in [0, 0.1) is 0 Å². The fraction of sp³-hybridized carbons (Fsp3) is 0.438. The lowest BCUT2D eigenvalue weighted by atomic mass is 9.96. The maximum absolute atomic E-state index is 12.0. The fourth-order valence-electron chi connectivity index (χ4n) is 2.06. The van der Waals surface area contributed by atoms with Crippen molar-refractivity contribution in [2.45, 2.75) is 38.8 Å². The van der Waals surface area contributed by atoms with Gasteiger partial charge in [-0.15, -0.1) is 0 Å². The fourth-order valence-corrected chi connectivity index (χ4v) is 2.06. The number of carbonyl (C=O) groups is 3. The molecule has 1 rings (SSSR count). The Bertz CT molecular complexity index is 567. The second-order valence-electron chi connectivity index (χ2n) is 5.70. The van der Waals surface area contributed by atoms with E-state index >= 15 is 0 Å². The van der Waals surface area contributed by atoms with E-state index in [4.69, 9.17) is 11.5 Å². The van der Waals surface area contributed by atoms with E-state index in [1.165, 1.54) is 0 Å². The molecule has 0 aliphatic carbocycles. The lowest BCUT2D eigenvalue weighted by molar-refractivity contribution is -0.126. The van der Waals surface area contributed by atoms with Crippen LogP contribution in [0.4, 0.5) is 0 Å². The molecule has 7 heteroatoms. The number of carbonyl (C=O) groups excluding carboxylic acids is 3. The Labute approximate surface area is 135 Å². The molecule has 0 fully saturated rings. The number of rotatable bonds is 8. The molecule has 0 aliphatic rings. The number of hydrogen-bond donors (Lipinski definition) is 4. The normalized spacial score (nSPS) is 13.0. The standard InChI is InChI=1S/C16H24N4O3/c1-3-8-16(2,18)15(23)20-9-11-4-6-12(7-5-11)14(22)19-10-13(17)21/h4-7H,3,8-10,18H2,1-2H3,(H2,17,21)(H,19,22)(H,20,23). The van der Waals surface area contributed by atoms with Crippen molar-refractivity contribution in [2.24, 2.45) is 11.5 Å². The summed E-state index contributed by atoms with van der Waals surface area (Å²) in [6, 6.07) is 6.69. The van der Waals surface area contributed by atoms with Crippen molar-refractivity contribution in [1.29, 1.82) is 0 Å². The molecule has 0 heterocycles. The maximum Gasteiger partial charge on any atom is 0.251 e. The van der Waals surface area contributed by atoms with Crippen LogP contribution in [0.5, 0.6) is 0 Å². The average molecular weight is 320 g/mol. The van der Waals surface area contributed by atoms with Gasteiger partial charge in [0.25, 0.3) is 5.91 Å². The number of nitrogens with two attached hydrogens (primary N) is 2. The lowest BCUT2D eigenvalue weighted by Crippen LogP contribution is -2.51. The van der Waals surface area contributed by atoms with Crippen LogP contribution >= 0.6 is 0 Å². The smallest absolute Gasteiger partial charge is 0.251 e. The van der Waals surface area contributed by atoms with E-state index in [-0.39, 0.29) is 18.4 Å². The average Bonchev–Trinajstić information content (AvgIpc) is 2.50. The molecule has 1 unspecified atom stereocenters. The predicted octanol–water partition coefficient (Wildman–Crippen LogP) is 0.0354. The third-order valence-electron chi connectivity index (χ3n) is 3.38. The Morgan fingerprint density at radius 3 is 2.26 bits per heavy atom. The quantitative estimate of drug-likeness (QED) is 0.539. The highest BCUT2D eigenvalue weighted by molar-refractivity contribution is 5.96. The molecule has 1 aromatic rings. The van der Waals surface area contributed by atoms with Gasteiger partial charge in [-0.25, -0.2) is 0 Å². The molecule has 7 nitrogen and oxygen atoms in total. The molecule has 0 saturated heterocycles. The van der Waals surface area contributed by atoms with E-state index in [0.717, 1.165) is 12.0 Å². The molecule has 0 aliphatic heterocycles. The number of benzene rings is 1. The van der Waals surface area contributed by atoms with Gasteiger partial charge in [0.1, 0.15) is 0 Å². The Hall–Kier alpha value is -2.41. The first-order chi connectivity index (χ1) is 10.8. The van der Waals surface area contributed by atoms with Crippen molar-refractivity contribution in [3.8, 4) is 0 Å². The van der Waals surface area contributed by atoms with Crippen LogP contribution in [0.25, 0.3) is 0 Å². The summed E-state index contributed by atoms with van der Waals surface area (Å²) < 4.78 is 0. The summed E-state index contributed by atoms with van der Waals surface area (Å²) in [6.45, 7) is 3.81. The Morgan fingerprint density at radius 1 is 1.13 bits per heavy atom.